The van der Waals surface area contributed by atoms with Gasteiger partial charge in [-0.15, -0.1) is 11.3 Å². The third-order valence-corrected chi connectivity index (χ3v) is 5.34. The van der Waals surface area contributed by atoms with E-state index in [0.717, 1.165) is 4.34 Å². The molecular formula is C16H22N4O3S2. The Hall–Kier alpha value is -1.87. The lowest BCUT2D eigenvalue weighted by Crippen LogP contribution is -2.24. The molecule has 2 aromatic rings. The Bertz CT molecular complexity index is 727. The van der Waals surface area contributed by atoms with Crippen LogP contribution < -0.4 is 5.32 Å². The zero-order chi connectivity index (χ0) is 18.4. The van der Waals surface area contributed by atoms with Gasteiger partial charge < -0.3 is 10.1 Å². The Balaban J connectivity index is 1.92. The predicted molar refractivity (Wildman–Crippen MR) is 99.0 cm³/mol. The summed E-state index contributed by atoms with van der Waals surface area (Å²) < 4.78 is 7.42. The smallest absolute Gasteiger partial charge is 0.311 e. The Labute approximate surface area is 155 Å². The first-order valence-electron chi connectivity index (χ1n) is 8.01. The lowest BCUT2D eigenvalue weighted by molar-refractivity contribution is -0.142. The van der Waals surface area contributed by atoms with E-state index in [9.17, 15) is 9.59 Å². The molecule has 2 aromatic heterocycles. The molecule has 2 heterocycles. The molecule has 0 spiro atoms. The van der Waals surface area contributed by atoms with Crippen LogP contribution in [0.1, 0.15) is 39.4 Å². The van der Waals surface area contributed by atoms with Crippen LogP contribution in [0, 0.1) is 0 Å². The fraction of sp³-hybridized carbons (Fsp3) is 0.500. The van der Waals surface area contributed by atoms with Gasteiger partial charge in [0.25, 0.3) is 0 Å². The summed E-state index contributed by atoms with van der Waals surface area (Å²) in [5.74, 6) is 0.265. The highest BCUT2D eigenvalue weighted by molar-refractivity contribution is 8.02. The number of esters is 1. The topological polar surface area (TPSA) is 86.1 Å². The lowest BCUT2D eigenvalue weighted by Gasteiger charge is -2.14. The fourth-order valence-electron chi connectivity index (χ4n) is 2.04. The number of rotatable bonds is 8. The van der Waals surface area contributed by atoms with Gasteiger partial charge in [0.05, 0.1) is 30.2 Å². The van der Waals surface area contributed by atoms with Gasteiger partial charge in [-0.1, -0.05) is 11.8 Å². The standard InChI is InChI=1S/C16H22N4O3S2/c1-5-23-14(21)8-12-9-24-16(18-12)25-11(4)15(22)19-13-6-7-17-20(13)10(2)3/h6-7,9-11H,5,8H2,1-4H3,(H,19,22)/t11-/m0/s1. The molecule has 7 nitrogen and oxygen atoms in total. The molecule has 1 amide bonds. The second kappa shape index (κ2) is 9.00. The van der Waals surface area contributed by atoms with Crippen molar-refractivity contribution >= 4 is 40.8 Å². The number of carbonyl (C=O) groups is 2. The molecule has 0 saturated heterocycles. The molecule has 1 N–H and O–H groups in total. The molecule has 0 aliphatic rings. The molecule has 1 atom stereocenters. The van der Waals surface area contributed by atoms with Crippen LogP contribution in [0.5, 0.6) is 0 Å². The van der Waals surface area contributed by atoms with Crippen molar-refractivity contribution < 1.29 is 14.3 Å². The first-order chi connectivity index (χ1) is 11.9. The Kier molecular flexibility index (Phi) is 7.01. The quantitative estimate of drug-likeness (QED) is 0.557. The van der Waals surface area contributed by atoms with E-state index in [4.69, 9.17) is 4.74 Å². The van der Waals surface area contributed by atoms with Crippen molar-refractivity contribution in [2.75, 3.05) is 11.9 Å². The van der Waals surface area contributed by atoms with Crippen LogP contribution in [0.2, 0.25) is 0 Å². The van der Waals surface area contributed by atoms with Crippen LogP contribution in [0.25, 0.3) is 0 Å². The predicted octanol–water partition coefficient (Wildman–Crippen LogP) is 3.15. The number of thiazole rings is 1. The van der Waals surface area contributed by atoms with E-state index in [0.29, 0.717) is 18.1 Å². The summed E-state index contributed by atoms with van der Waals surface area (Å²) in [7, 11) is 0. The summed E-state index contributed by atoms with van der Waals surface area (Å²) in [4.78, 5) is 28.2. The average molecular weight is 383 g/mol. The number of amides is 1. The number of hydrogen-bond donors (Lipinski definition) is 1. The zero-order valence-electron chi connectivity index (χ0n) is 14.7. The second-order valence-electron chi connectivity index (χ2n) is 5.59. The zero-order valence-corrected chi connectivity index (χ0v) is 16.3. The molecule has 9 heteroatoms. The van der Waals surface area contributed by atoms with Crippen LogP contribution in [0.15, 0.2) is 22.0 Å². The van der Waals surface area contributed by atoms with Crippen LogP contribution in [-0.4, -0.2) is 38.5 Å². The Morgan fingerprint density at radius 3 is 2.84 bits per heavy atom. The van der Waals surface area contributed by atoms with Gasteiger partial charge in [0, 0.05) is 17.5 Å². The van der Waals surface area contributed by atoms with E-state index in [1.165, 1.54) is 23.1 Å². The third kappa shape index (κ3) is 5.57. The molecule has 0 bridgehead atoms. The molecule has 0 aliphatic heterocycles. The highest BCUT2D eigenvalue weighted by Crippen LogP contribution is 2.28. The molecule has 0 aromatic carbocycles. The summed E-state index contributed by atoms with van der Waals surface area (Å²) in [5, 5.41) is 8.59. The van der Waals surface area contributed by atoms with Gasteiger partial charge >= 0.3 is 5.97 Å². The maximum atomic E-state index is 12.4. The van der Waals surface area contributed by atoms with Crippen LogP contribution >= 0.6 is 23.1 Å². The van der Waals surface area contributed by atoms with E-state index in [2.05, 4.69) is 15.4 Å². The van der Waals surface area contributed by atoms with E-state index < -0.39 is 0 Å². The van der Waals surface area contributed by atoms with E-state index in [-0.39, 0.29) is 29.6 Å². The molecule has 25 heavy (non-hydrogen) atoms. The van der Waals surface area contributed by atoms with Crippen molar-refractivity contribution in [2.45, 2.75) is 49.7 Å². The van der Waals surface area contributed by atoms with Crippen molar-refractivity contribution in [3.63, 3.8) is 0 Å². The normalized spacial score (nSPS) is 12.2. The number of ether oxygens (including phenoxy) is 1. The Morgan fingerprint density at radius 1 is 1.40 bits per heavy atom. The van der Waals surface area contributed by atoms with E-state index in [1.807, 2.05) is 26.2 Å². The number of nitrogens with one attached hydrogen (secondary N) is 1. The first-order valence-corrected chi connectivity index (χ1v) is 9.77. The largest absolute Gasteiger partial charge is 0.466 e. The summed E-state index contributed by atoms with van der Waals surface area (Å²) in [6, 6.07) is 1.94. The van der Waals surface area contributed by atoms with Gasteiger partial charge in [-0.3, -0.25) is 9.59 Å². The van der Waals surface area contributed by atoms with Gasteiger partial charge in [0.15, 0.2) is 4.34 Å². The number of thioether (sulfide) groups is 1. The summed E-state index contributed by atoms with van der Waals surface area (Å²) in [6.07, 6.45) is 1.81. The minimum atomic E-state index is -0.322. The summed E-state index contributed by atoms with van der Waals surface area (Å²) in [5.41, 5.74) is 0.663. The summed E-state index contributed by atoms with van der Waals surface area (Å²) >= 11 is 2.78. The highest BCUT2D eigenvalue weighted by atomic mass is 32.2. The van der Waals surface area contributed by atoms with Gasteiger partial charge in [-0.25, -0.2) is 9.67 Å². The Morgan fingerprint density at radius 2 is 2.16 bits per heavy atom. The molecule has 0 unspecified atom stereocenters. The van der Waals surface area contributed by atoms with Crippen molar-refractivity contribution in [3.05, 3.63) is 23.3 Å². The molecular weight excluding hydrogens is 360 g/mol. The van der Waals surface area contributed by atoms with Crippen LogP contribution in [0.3, 0.4) is 0 Å². The average Bonchev–Trinajstić information content (AvgIpc) is 3.17. The second-order valence-corrected chi connectivity index (χ2v) is 8.04. The van der Waals surface area contributed by atoms with Gasteiger partial charge in [-0.2, -0.15) is 5.10 Å². The first kappa shape index (κ1) is 19.5. The summed E-state index contributed by atoms with van der Waals surface area (Å²) in [6.45, 7) is 7.95. The molecule has 2 rings (SSSR count). The fourth-order valence-corrected chi connectivity index (χ4v) is 4.02. The number of nitrogens with zero attached hydrogens (tertiary/aromatic N) is 3. The van der Waals surface area contributed by atoms with Crippen molar-refractivity contribution in [2.24, 2.45) is 0 Å². The highest BCUT2D eigenvalue weighted by Gasteiger charge is 2.19. The molecule has 0 radical (unpaired) electrons. The van der Waals surface area contributed by atoms with Crippen molar-refractivity contribution in [3.8, 4) is 0 Å². The molecule has 0 fully saturated rings. The molecule has 136 valence electrons. The minimum Gasteiger partial charge on any atom is -0.466 e. The lowest BCUT2D eigenvalue weighted by atomic mass is 10.3. The molecule has 0 aliphatic carbocycles. The van der Waals surface area contributed by atoms with Crippen LogP contribution in [-0.2, 0) is 20.7 Å². The van der Waals surface area contributed by atoms with Gasteiger partial charge in [0.2, 0.25) is 5.91 Å². The van der Waals surface area contributed by atoms with Crippen molar-refractivity contribution in [1.29, 1.82) is 0 Å². The number of hydrogen-bond acceptors (Lipinski definition) is 7. The minimum absolute atomic E-state index is 0.116. The van der Waals surface area contributed by atoms with E-state index >= 15 is 0 Å². The van der Waals surface area contributed by atoms with Gasteiger partial charge in [0.1, 0.15) is 5.82 Å². The number of anilines is 1. The van der Waals surface area contributed by atoms with Crippen molar-refractivity contribution in [1.82, 2.24) is 14.8 Å². The monoisotopic (exact) mass is 382 g/mol. The number of aromatic nitrogens is 3. The molecule has 0 saturated carbocycles. The number of carbonyl (C=O) groups excluding carboxylic acids is 2. The van der Waals surface area contributed by atoms with Gasteiger partial charge in [-0.05, 0) is 27.7 Å². The third-order valence-electron chi connectivity index (χ3n) is 3.22. The maximum absolute atomic E-state index is 12.4. The van der Waals surface area contributed by atoms with E-state index in [1.54, 1.807) is 23.9 Å². The maximum Gasteiger partial charge on any atom is 0.311 e. The SMILES string of the molecule is CCOC(=O)Cc1csc(S[C@@H](C)C(=O)Nc2ccnn2C(C)C)n1. The van der Waals surface area contributed by atoms with Crippen LogP contribution in [0.4, 0.5) is 5.82 Å².